The van der Waals surface area contributed by atoms with Gasteiger partial charge in [0.15, 0.2) is 11.2 Å². The molecule has 0 spiro atoms. The number of nitrogens with two attached hydrogens (primary N) is 1. The van der Waals surface area contributed by atoms with Crippen LogP contribution in [0, 0.1) is 12.8 Å². The van der Waals surface area contributed by atoms with E-state index in [-0.39, 0.29) is 6.04 Å². The lowest BCUT2D eigenvalue weighted by Crippen LogP contribution is -2.18. The summed E-state index contributed by atoms with van der Waals surface area (Å²) in [5, 5.41) is 16.4. The largest absolute Gasteiger partial charge is 0.402 e. The highest BCUT2D eigenvalue weighted by atomic mass is 16.5. The van der Waals surface area contributed by atoms with Crippen molar-refractivity contribution in [2.75, 3.05) is 19.0 Å². The molecule has 2 atom stereocenters. The van der Waals surface area contributed by atoms with E-state index in [0.717, 1.165) is 53.9 Å². The fraction of sp³-hybridized carbons (Fsp3) is 0.375. The first-order valence-electron chi connectivity index (χ1n) is 11.4. The maximum Gasteiger partial charge on any atom is 0.225 e. The van der Waals surface area contributed by atoms with E-state index in [2.05, 4.69) is 51.3 Å². The van der Waals surface area contributed by atoms with Crippen LogP contribution < -0.4 is 11.1 Å². The first-order valence-corrected chi connectivity index (χ1v) is 11.4. The highest BCUT2D eigenvalue weighted by molar-refractivity contribution is 5.73. The lowest BCUT2D eigenvalue weighted by Gasteiger charge is -2.13. The summed E-state index contributed by atoms with van der Waals surface area (Å²) in [6, 6.07) is 6.46. The van der Waals surface area contributed by atoms with E-state index < -0.39 is 0 Å². The van der Waals surface area contributed by atoms with E-state index >= 15 is 0 Å². The monoisotopic (exact) mass is 459 g/mol. The molecule has 5 rings (SSSR count). The van der Waals surface area contributed by atoms with Gasteiger partial charge in [0, 0.05) is 30.6 Å². The van der Waals surface area contributed by atoms with Crippen LogP contribution in [0.15, 0.2) is 49.1 Å². The standard InChI is InChI=1S/C24H29N9O/c1-15-10-20(6-7-21(15)18-12-27-32(14-18)8-9-34-3)33-23-22(30-31-33)13-26-24(29-23)28-19-5-4-17(11-19)16(2)25/h6-7,10,12-14,17,19H,2,4-5,8-9,11,25H2,1,3H3,(H,26,28,29)/t17-,19-/m1/s1. The molecule has 1 fully saturated rings. The van der Waals surface area contributed by atoms with Crippen molar-refractivity contribution in [2.45, 2.75) is 38.8 Å². The number of aryl methyl sites for hydroxylation is 1. The summed E-state index contributed by atoms with van der Waals surface area (Å²) in [6.07, 6.45) is 8.61. The molecule has 0 aliphatic heterocycles. The van der Waals surface area contributed by atoms with Crippen molar-refractivity contribution in [1.82, 2.24) is 34.7 Å². The van der Waals surface area contributed by atoms with Gasteiger partial charge < -0.3 is 15.8 Å². The van der Waals surface area contributed by atoms with E-state index in [1.807, 2.05) is 23.1 Å². The summed E-state index contributed by atoms with van der Waals surface area (Å²) in [6.45, 7) is 7.32. The van der Waals surface area contributed by atoms with Crippen LogP contribution in [0.5, 0.6) is 0 Å². The molecular weight excluding hydrogens is 430 g/mol. The van der Waals surface area contributed by atoms with Crippen molar-refractivity contribution >= 4 is 17.1 Å². The minimum absolute atomic E-state index is 0.276. The molecule has 176 valence electrons. The summed E-state index contributed by atoms with van der Waals surface area (Å²) in [7, 11) is 1.69. The first kappa shape index (κ1) is 22.0. The Balaban J connectivity index is 1.38. The number of methoxy groups -OCH3 is 1. The Morgan fingerprint density at radius 1 is 1.29 bits per heavy atom. The summed E-state index contributed by atoms with van der Waals surface area (Å²) >= 11 is 0. The van der Waals surface area contributed by atoms with Crippen molar-refractivity contribution < 1.29 is 4.74 Å². The number of allylic oxidation sites excluding steroid dienone is 1. The molecule has 1 aromatic carbocycles. The molecule has 0 amide bonds. The van der Waals surface area contributed by atoms with Crippen LogP contribution >= 0.6 is 0 Å². The van der Waals surface area contributed by atoms with Crippen LogP contribution in [0.3, 0.4) is 0 Å². The van der Waals surface area contributed by atoms with Gasteiger partial charge in [0.05, 0.1) is 31.2 Å². The molecule has 1 aliphatic rings. The predicted octanol–water partition coefficient (Wildman–Crippen LogP) is 3.08. The van der Waals surface area contributed by atoms with Crippen molar-refractivity contribution in [3.8, 4) is 16.8 Å². The number of benzene rings is 1. The molecule has 0 bridgehead atoms. The van der Waals surface area contributed by atoms with Gasteiger partial charge in [0.25, 0.3) is 0 Å². The number of fused-ring (bicyclic) bond motifs is 1. The van der Waals surface area contributed by atoms with E-state index in [4.69, 9.17) is 15.5 Å². The first-order chi connectivity index (χ1) is 16.5. The van der Waals surface area contributed by atoms with Gasteiger partial charge in [-0.05, 0) is 55.4 Å². The minimum atomic E-state index is 0.276. The molecule has 3 aromatic heterocycles. The number of aromatic nitrogens is 7. The van der Waals surface area contributed by atoms with Gasteiger partial charge in [0.1, 0.15) is 0 Å². The van der Waals surface area contributed by atoms with Crippen LogP contribution in [0.2, 0.25) is 0 Å². The Kier molecular flexibility index (Phi) is 5.97. The molecule has 0 radical (unpaired) electrons. The third-order valence-electron chi connectivity index (χ3n) is 6.41. The maximum absolute atomic E-state index is 5.90. The molecule has 3 heterocycles. The third kappa shape index (κ3) is 4.36. The van der Waals surface area contributed by atoms with E-state index in [0.29, 0.717) is 29.6 Å². The van der Waals surface area contributed by atoms with Gasteiger partial charge in [-0.15, -0.1) is 5.10 Å². The predicted molar refractivity (Wildman–Crippen MR) is 130 cm³/mol. The van der Waals surface area contributed by atoms with Crippen LogP contribution in [-0.4, -0.2) is 54.5 Å². The zero-order valence-electron chi connectivity index (χ0n) is 19.5. The second kappa shape index (κ2) is 9.22. The number of rotatable bonds is 8. The molecule has 1 saturated carbocycles. The lowest BCUT2D eigenvalue weighted by atomic mass is 10.0. The molecule has 34 heavy (non-hydrogen) atoms. The Morgan fingerprint density at radius 3 is 2.94 bits per heavy atom. The summed E-state index contributed by atoms with van der Waals surface area (Å²) < 4.78 is 8.77. The molecule has 10 nitrogen and oxygen atoms in total. The van der Waals surface area contributed by atoms with Crippen molar-refractivity contribution in [2.24, 2.45) is 11.7 Å². The number of nitrogens with zero attached hydrogens (tertiary/aromatic N) is 7. The Bertz CT molecular complexity index is 1330. The second-order valence-corrected chi connectivity index (χ2v) is 8.81. The zero-order chi connectivity index (χ0) is 23.7. The highest BCUT2D eigenvalue weighted by Gasteiger charge is 2.26. The maximum atomic E-state index is 5.90. The zero-order valence-corrected chi connectivity index (χ0v) is 19.5. The van der Waals surface area contributed by atoms with Crippen molar-refractivity contribution in [3.05, 3.63) is 54.6 Å². The fourth-order valence-corrected chi connectivity index (χ4v) is 4.52. The third-order valence-corrected chi connectivity index (χ3v) is 6.41. The van der Waals surface area contributed by atoms with Gasteiger partial charge in [-0.1, -0.05) is 17.9 Å². The summed E-state index contributed by atoms with van der Waals surface area (Å²) in [5.74, 6) is 0.920. The van der Waals surface area contributed by atoms with Crippen LogP contribution in [0.25, 0.3) is 28.0 Å². The van der Waals surface area contributed by atoms with Crippen LogP contribution in [0.1, 0.15) is 24.8 Å². The van der Waals surface area contributed by atoms with E-state index in [1.165, 1.54) is 0 Å². The van der Waals surface area contributed by atoms with E-state index in [9.17, 15) is 0 Å². The van der Waals surface area contributed by atoms with Gasteiger partial charge in [-0.2, -0.15) is 14.8 Å². The topological polar surface area (TPSA) is 122 Å². The number of anilines is 1. The molecule has 0 saturated heterocycles. The van der Waals surface area contributed by atoms with Crippen molar-refractivity contribution in [1.29, 1.82) is 0 Å². The molecule has 10 heteroatoms. The van der Waals surface area contributed by atoms with Gasteiger partial charge >= 0.3 is 0 Å². The quantitative estimate of drug-likeness (QED) is 0.412. The minimum Gasteiger partial charge on any atom is -0.402 e. The van der Waals surface area contributed by atoms with Gasteiger partial charge in [-0.25, -0.2) is 4.98 Å². The van der Waals surface area contributed by atoms with E-state index in [1.54, 1.807) is 18.0 Å². The number of hydrogen-bond donors (Lipinski definition) is 2. The SMILES string of the molecule is C=C(N)[C@@H]1CC[C@@H](Nc2ncc3nnn(-c4ccc(-c5cnn(CCOC)c5)c(C)c4)c3n2)C1. The lowest BCUT2D eigenvalue weighted by molar-refractivity contribution is 0.183. The van der Waals surface area contributed by atoms with Gasteiger partial charge in [0.2, 0.25) is 5.95 Å². The normalized spacial score (nSPS) is 17.9. The molecule has 0 unspecified atom stereocenters. The second-order valence-electron chi connectivity index (χ2n) is 8.81. The molecule has 3 N–H and O–H groups in total. The fourth-order valence-electron chi connectivity index (χ4n) is 4.52. The van der Waals surface area contributed by atoms with Crippen molar-refractivity contribution in [3.63, 3.8) is 0 Å². The summed E-state index contributed by atoms with van der Waals surface area (Å²) in [4.78, 5) is 9.16. The average molecular weight is 460 g/mol. The summed E-state index contributed by atoms with van der Waals surface area (Å²) in [5.41, 5.74) is 12.1. The van der Waals surface area contributed by atoms with Crippen LogP contribution in [0.4, 0.5) is 5.95 Å². The Morgan fingerprint density at radius 2 is 2.18 bits per heavy atom. The van der Waals surface area contributed by atoms with Gasteiger partial charge in [-0.3, -0.25) is 4.68 Å². The Labute approximate surface area is 197 Å². The number of ether oxygens (including phenoxy) is 1. The molecular formula is C24H29N9O. The highest BCUT2D eigenvalue weighted by Crippen LogP contribution is 2.30. The number of nitrogens with one attached hydrogen (secondary N) is 1. The van der Waals surface area contributed by atoms with Crippen LogP contribution in [-0.2, 0) is 11.3 Å². The smallest absolute Gasteiger partial charge is 0.225 e. The molecule has 4 aromatic rings. The molecule has 1 aliphatic carbocycles. The average Bonchev–Trinajstić information content (AvgIpc) is 3.57. The number of hydrogen-bond acceptors (Lipinski definition) is 8. The Hall–Kier alpha value is -3.79.